The highest BCUT2D eigenvalue weighted by molar-refractivity contribution is 8.05. The molecule has 0 aliphatic rings. The summed E-state index contributed by atoms with van der Waals surface area (Å²) in [4.78, 5) is 21.2. The van der Waals surface area contributed by atoms with E-state index in [9.17, 15) is 29.4 Å². The van der Waals surface area contributed by atoms with Crippen LogP contribution in [0.2, 0.25) is 0 Å². The van der Waals surface area contributed by atoms with Crippen molar-refractivity contribution in [1.29, 1.82) is 0 Å². The van der Waals surface area contributed by atoms with Crippen LogP contribution in [0.15, 0.2) is 58.3 Å². The highest BCUT2D eigenvalue weighted by Gasteiger charge is 2.15. The van der Waals surface area contributed by atoms with E-state index in [0.717, 1.165) is 9.79 Å². The number of nitrogens with zero attached hydrogens (tertiary/aromatic N) is 2. The zero-order valence-corrected chi connectivity index (χ0v) is 23.9. The molecule has 0 saturated carbocycles. The molecule has 0 aliphatic carbocycles. The van der Waals surface area contributed by atoms with Crippen molar-refractivity contribution in [2.45, 2.75) is 30.6 Å². The molecule has 0 aromatic heterocycles. The van der Waals surface area contributed by atoms with Crippen molar-refractivity contribution in [3.8, 4) is 0 Å². The Morgan fingerprint density at radius 3 is 1.54 bits per heavy atom. The van der Waals surface area contributed by atoms with Gasteiger partial charge in [0.05, 0.1) is 28.6 Å². The minimum absolute atomic E-state index is 0.0545. The Kier molecular flexibility index (Phi) is 16.1. The van der Waals surface area contributed by atoms with Gasteiger partial charge in [-0.1, -0.05) is 6.92 Å². The first-order chi connectivity index (χ1) is 16.3. The third-order valence-electron chi connectivity index (χ3n) is 3.95. The molecule has 10 nitrogen and oxygen atoms in total. The van der Waals surface area contributed by atoms with Crippen LogP contribution < -0.4 is 0 Å². The Hall–Kier alpha value is -1.68. The SMILES string of the molecule is CCOP(C)(=O)CC.CCOP(C)(=O)CSc1ccc([N+](=O)[O-])cc1.O=[N+]([O-])c1ccc(S)cc1. The normalized spacial score (nSPS) is 13.7. The molecule has 14 heteroatoms. The smallest absolute Gasteiger partial charge is 0.269 e. The van der Waals surface area contributed by atoms with E-state index in [4.69, 9.17) is 9.05 Å². The number of nitro groups is 2. The van der Waals surface area contributed by atoms with Crippen molar-refractivity contribution in [1.82, 2.24) is 0 Å². The van der Waals surface area contributed by atoms with Gasteiger partial charge in [0, 0.05) is 53.5 Å². The average molecular weight is 567 g/mol. The zero-order valence-electron chi connectivity index (χ0n) is 20.4. The molecule has 2 unspecified atom stereocenters. The number of hydrogen-bond acceptors (Lipinski definition) is 10. The molecule has 2 aromatic rings. The van der Waals surface area contributed by atoms with Crippen LogP contribution in [0.4, 0.5) is 11.4 Å². The Labute approximate surface area is 215 Å². The molecule has 0 radical (unpaired) electrons. The summed E-state index contributed by atoms with van der Waals surface area (Å²) >= 11 is 5.35. The summed E-state index contributed by atoms with van der Waals surface area (Å²) in [5.74, 6) is 0. The van der Waals surface area contributed by atoms with Gasteiger partial charge in [-0.05, 0) is 38.1 Å². The molecular formula is C21H32N2O8P2S2. The summed E-state index contributed by atoms with van der Waals surface area (Å²) in [6, 6.07) is 12.2. The van der Waals surface area contributed by atoms with Crippen molar-refractivity contribution in [2.75, 3.05) is 38.2 Å². The molecule has 0 saturated heterocycles. The van der Waals surface area contributed by atoms with E-state index in [1.54, 1.807) is 44.5 Å². The highest BCUT2D eigenvalue weighted by Crippen LogP contribution is 2.47. The molecule has 0 N–H and O–H groups in total. The van der Waals surface area contributed by atoms with Crippen LogP contribution >= 0.6 is 39.1 Å². The molecule has 2 aromatic carbocycles. The van der Waals surface area contributed by atoms with Crippen molar-refractivity contribution >= 4 is 50.5 Å². The fourth-order valence-corrected chi connectivity index (χ4v) is 5.69. The first kappa shape index (κ1) is 33.3. The fraction of sp³-hybridized carbons (Fsp3) is 0.429. The van der Waals surface area contributed by atoms with Crippen LogP contribution in [0.5, 0.6) is 0 Å². The largest absolute Gasteiger partial charge is 0.329 e. The van der Waals surface area contributed by atoms with Crippen molar-refractivity contribution in [2.24, 2.45) is 0 Å². The first-order valence-corrected chi connectivity index (χ1v) is 16.4. The number of nitro benzene ring substituents is 2. The second-order valence-corrected chi connectivity index (χ2v) is 14.5. The van der Waals surface area contributed by atoms with Crippen LogP contribution in [0.3, 0.4) is 0 Å². The van der Waals surface area contributed by atoms with E-state index in [2.05, 4.69) is 12.6 Å². The average Bonchev–Trinajstić information content (AvgIpc) is 2.79. The molecule has 0 spiro atoms. The lowest BCUT2D eigenvalue weighted by Crippen LogP contribution is -1.91. The topological polar surface area (TPSA) is 139 Å². The molecule has 0 amide bonds. The minimum Gasteiger partial charge on any atom is -0.329 e. The van der Waals surface area contributed by atoms with Gasteiger partial charge in [0.1, 0.15) is 0 Å². The molecule has 2 atom stereocenters. The molecule has 35 heavy (non-hydrogen) atoms. The Balaban J connectivity index is 0.000000545. The van der Waals surface area contributed by atoms with Gasteiger partial charge in [-0.2, -0.15) is 0 Å². The van der Waals surface area contributed by atoms with Crippen LogP contribution in [0, 0.1) is 20.2 Å². The van der Waals surface area contributed by atoms with E-state index < -0.39 is 24.6 Å². The van der Waals surface area contributed by atoms with Crippen LogP contribution in [-0.2, 0) is 18.2 Å². The van der Waals surface area contributed by atoms with Gasteiger partial charge >= 0.3 is 0 Å². The number of hydrogen-bond donors (Lipinski definition) is 1. The van der Waals surface area contributed by atoms with E-state index in [0.29, 0.717) is 24.9 Å². The van der Waals surface area contributed by atoms with Gasteiger partial charge in [-0.25, -0.2) is 0 Å². The number of thiol groups is 1. The quantitative estimate of drug-likeness (QED) is 0.102. The van der Waals surface area contributed by atoms with Gasteiger partial charge in [0.25, 0.3) is 11.4 Å². The maximum Gasteiger partial charge on any atom is 0.269 e. The number of thioether (sulfide) groups is 1. The lowest BCUT2D eigenvalue weighted by atomic mass is 10.3. The highest BCUT2D eigenvalue weighted by atomic mass is 32.2. The molecule has 196 valence electrons. The van der Waals surface area contributed by atoms with Crippen molar-refractivity contribution in [3.05, 3.63) is 68.8 Å². The molecular weight excluding hydrogens is 534 g/mol. The van der Waals surface area contributed by atoms with E-state index >= 15 is 0 Å². The Morgan fingerprint density at radius 2 is 1.20 bits per heavy atom. The first-order valence-electron chi connectivity index (χ1n) is 10.5. The zero-order chi connectivity index (χ0) is 27.1. The van der Waals surface area contributed by atoms with Crippen LogP contribution in [-0.4, -0.2) is 48.0 Å². The molecule has 2 rings (SSSR count). The lowest BCUT2D eigenvalue weighted by molar-refractivity contribution is -0.385. The van der Waals surface area contributed by atoms with Gasteiger partial charge < -0.3 is 9.05 Å². The van der Waals surface area contributed by atoms with E-state index in [1.807, 2.05) is 13.8 Å². The third-order valence-corrected chi connectivity index (χ3v) is 10.0. The predicted octanol–water partition coefficient (Wildman–Crippen LogP) is 7.42. The van der Waals surface area contributed by atoms with E-state index in [-0.39, 0.29) is 11.4 Å². The monoisotopic (exact) mass is 566 g/mol. The second kappa shape index (κ2) is 16.9. The van der Waals surface area contributed by atoms with E-state index in [1.165, 1.54) is 36.0 Å². The minimum atomic E-state index is -2.56. The van der Waals surface area contributed by atoms with Crippen molar-refractivity contribution < 1.29 is 28.0 Å². The van der Waals surface area contributed by atoms with Gasteiger partial charge in [0.15, 0.2) is 7.37 Å². The predicted molar refractivity (Wildman–Crippen MR) is 145 cm³/mol. The Bertz CT molecular complexity index is 1020. The third kappa shape index (κ3) is 15.8. The lowest BCUT2D eigenvalue weighted by Gasteiger charge is -2.11. The molecule has 0 bridgehead atoms. The van der Waals surface area contributed by atoms with Gasteiger partial charge in [0.2, 0.25) is 7.37 Å². The number of rotatable bonds is 10. The van der Waals surface area contributed by atoms with Gasteiger partial charge in [-0.15, -0.1) is 24.4 Å². The van der Waals surface area contributed by atoms with Crippen molar-refractivity contribution in [3.63, 3.8) is 0 Å². The maximum atomic E-state index is 11.8. The summed E-state index contributed by atoms with van der Waals surface area (Å²) < 4.78 is 32.8. The summed E-state index contributed by atoms with van der Waals surface area (Å²) in [5, 5.41) is 20.5. The molecule has 0 fully saturated rings. The second-order valence-electron chi connectivity index (χ2n) is 6.98. The Morgan fingerprint density at radius 1 is 0.800 bits per heavy atom. The fourth-order valence-electron chi connectivity index (χ4n) is 2.10. The number of non-ortho nitro benzene ring substituents is 2. The summed E-state index contributed by atoms with van der Waals surface area (Å²) in [7, 11) is -4.73. The summed E-state index contributed by atoms with van der Waals surface area (Å²) in [5.41, 5.74) is 0.523. The van der Waals surface area contributed by atoms with Gasteiger partial charge in [-0.3, -0.25) is 29.4 Å². The molecule has 0 aliphatic heterocycles. The maximum absolute atomic E-state index is 11.8. The molecule has 0 heterocycles. The number of benzene rings is 2. The summed E-state index contributed by atoms with van der Waals surface area (Å²) in [6.07, 6.45) is 0.640. The van der Waals surface area contributed by atoms with Crippen LogP contribution in [0.25, 0.3) is 0 Å². The standard InChI is InChI=1S/C10H14NO4PS.C6H5NO2S.C5H13O2P/c1-3-15-16(2,14)8-17-10-6-4-9(5-7-10)11(12)13;8-7(9)5-1-3-6(10)4-2-5;1-4-7-8(3,6)5-2/h4-7H,3,8H2,1-2H3;1-4,10H;4-5H2,1-3H3. The summed E-state index contributed by atoms with van der Waals surface area (Å²) in [6.45, 7) is 9.76. The van der Waals surface area contributed by atoms with Crippen LogP contribution in [0.1, 0.15) is 20.8 Å².